The predicted octanol–water partition coefficient (Wildman–Crippen LogP) is -9.56. The average Bonchev–Trinajstić information content (AvgIpc) is 1.55. The maximum Gasteiger partial charge on any atom is 0.490 e. The van der Waals surface area contributed by atoms with E-state index < -0.39 is 285 Å². The first-order chi connectivity index (χ1) is 59.8. The van der Waals surface area contributed by atoms with Crippen LogP contribution in [0.1, 0.15) is 74.5 Å². The number of hydrogen-bond donors (Lipinski definition) is 28. The van der Waals surface area contributed by atoms with Crippen molar-refractivity contribution in [2.75, 3.05) is 26.3 Å². The van der Waals surface area contributed by atoms with Gasteiger partial charge in [0.05, 0.1) is 30.5 Å². The summed E-state index contributed by atoms with van der Waals surface area (Å²) in [6, 6.07) is 0. The van der Waals surface area contributed by atoms with Gasteiger partial charge >= 0.3 is 117 Å². The van der Waals surface area contributed by atoms with Gasteiger partial charge in [-0.3, -0.25) is 94.7 Å². The number of aliphatic hydroxyl groups is 8. The molecule has 24 atom stereocenters. The number of alkyl halides is 4. The molecular formula is C40H56F4N8O64P12. The third kappa shape index (κ3) is 31.2. The number of phosphoric ester groups is 4. The van der Waals surface area contributed by atoms with Crippen molar-refractivity contribution in [1.82, 2.24) is 38.2 Å². The van der Waals surface area contributed by atoms with E-state index >= 15 is 13.2 Å². The number of nitrogens with zero attached hydrogens (tertiary/aromatic N) is 4. The minimum absolute atomic E-state index is 0.00180. The van der Waals surface area contributed by atoms with Crippen molar-refractivity contribution >= 4 is 119 Å². The van der Waals surface area contributed by atoms with Gasteiger partial charge in [-0.25, -0.2) is 91.5 Å². The molecule has 0 aliphatic carbocycles. The Bertz CT molecular complexity index is 6340. The van der Waals surface area contributed by atoms with Crippen LogP contribution in [0.5, 0.6) is 0 Å². The monoisotopic (exact) mass is 2130 g/mol. The van der Waals surface area contributed by atoms with Gasteiger partial charge in [-0.1, -0.05) is 0 Å². The molecule has 4 aliphatic heterocycles. The van der Waals surface area contributed by atoms with Crippen LogP contribution < -0.4 is 45.0 Å². The van der Waals surface area contributed by atoms with E-state index in [1.165, 1.54) is 4.98 Å². The molecule has 0 spiro atoms. The minimum Gasteiger partial charge on any atom is -0.385 e. The summed E-state index contributed by atoms with van der Waals surface area (Å²) in [5, 5.41) is 80.0. The number of phosphoric acid groups is 12. The number of hydrogen-bond acceptors (Lipinski definition) is 48. The molecule has 4 aromatic rings. The number of H-pyrrole nitrogens is 4. The lowest BCUT2D eigenvalue weighted by molar-refractivity contribution is -0.205. The highest BCUT2D eigenvalue weighted by atomic mass is 31.3. The van der Waals surface area contributed by atoms with Crippen molar-refractivity contribution in [3.63, 3.8) is 0 Å². The van der Waals surface area contributed by atoms with Crippen LogP contribution in [0.3, 0.4) is 0 Å². The molecule has 4 saturated heterocycles. The Labute approximate surface area is 699 Å². The summed E-state index contributed by atoms with van der Waals surface area (Å²) in [5.74, 6) is -16.4. The highest BCUT2D eigenvalue weighted by Crippen LogP contribution is 2.70. The Morgan fingerprint density at radius 1 is 0.328 bits per heavy atom. The van der Waals surface area contributed by atoms with Gasteiger partial charge in [0.1, 0.15) is 75.2 Å². The molecule has 88 heteroatoms. The van der Waals surface area contributed by atoms with Gasteiger partial charge in [-0.2, -0.15) is 34.5 Å². The van der Waals surface area contributed by atoms with Crippen molar-refractivity contribution in [2.45, 2.75) is 97.1 Å². The zero-order valence-electron chi connectivity index (χ0n) is 65.5. The summed E-state index contributed by atoms with van der Waals surface area (Å²) < 4.78 is 302. The Morgan fingerprint density at radius 3 is 0.797 bits per heavy atom. The van der Waals surface area contributed by atoms with Crippen molar-refractivity contribution in [3.05, 3.63) is 130 Å². The van der Waals surface area contributed by atoms with Crippen molar-refractivity contribution in [2.24, 2.45) is 0 Å². The lowest BCUT2D eigenvalue weighted by Crippen LogP contribution is -2.43. The number of halogens is 4. The van der Waals surface area contributed by atoms with Crippen LogP contribution in [-0.2, 0) is 126 Å². The van der Waals surface area contributed by atoms with Gasteiger partial charge in [-0.05, 0) is 0 Å². The van der Waals surface area contributed by atoms with E-state index in [1.807, 2.05) is 0 Å². The van der Waals surface area contributed by atoms with Crippen LogP contribution in [0.15, 0.2) is 63.1 Å². The van der Waals surface area contributed by atoms with Crippen LogP contribution in [0.4, 0.5) is 17.6 Å². The van der Waals surface area contributed by atoms with E-state index in [9.17, 15) is 177 Å². The second kappa shape index (κ2) is 41.2. The number of nitrogens with one attached hydrogen (secondary N) is 4. The number of carbonyl (C=O) groups is 4. The number of rotatable bonds is 36. The van der Waals surface area contributed by atoms with Crippen LogP contribution in [0, 0.1) is 0 Å². The number of aromatic amines is 4. The van der Waals surface area contributed by atoms with Gasteiger partial charge in [-0.15, -0.1) is 0 Å². The fraction of sp³-hybridized carbons (Fsp3) is 0.500. The molecule has 72 nitrogen and oxygen atoms in total. The van der Waals surface area contributed by atoms with Crippen LogP contribution >= 0.6 is 93.9 Å². The maximum atomic E-state index is 15.5. The molecule has 8 unspecified atom stereocenters. The largest absolute Gasteiger partial charge is 0.490 e. The lowest BCUT2D eigenvalue weighted by Gasteiger charge is -2.24. The fourth-order valence-electron chi connectivity index (χ4n) is 8.74. The molecule has 728 valence electrons. The normalized spacial score (nSPS) is 32.0. The third-order valence-electron chi connectivity index (χ3n) is 13.7. The number of ether oxygens (including phenoxy) is 4. The summed E-state index contributed by atoms with van der Waals surface area (Å²) in [4.78, 5) is 285. The standard InChI is InChI=1S/4C10H14FN2O16P3/c4*11-10(3-26-31(22,23)29-32(24,25)28-30(19,20)21)6(16)5(15)8(27-10)13-1-4(2-14)7(17)12-9(13)18/h4*1-2,5-6,8,15-16H,3H2,(H,22,23)(H,24,25)(H,12,17,18)(H2,19,20,21)/t4*5-,6+,8-,10-/m1111/s1/i3D2,8D;8D;3D2;. The molecule has 0 radical (unpaired) electrons. The van der Waals surface area contributed by atoms with E-state index in [0.29, 0.717) is 23.2 Å². The molecule has 0 amide bonds. The van der Waals surface area contributed by atoms with E-state index in [-0.39, 0.29) is 45.0 Å². The Balaban J connectivity index is 0.000000316. The Kier molecular flexibility index (Phi) is 33.1. The molecule has 0 bridgehead atoms. The molecule has 4 aromatic heterocycles. The fourth-order valence-corrected chi connectivity index (χ4v) is 20.6. The van der Waals surface area contributed by atoms with Crippen molar-refractivity contribution in [3.8, 4) is 0 Å². The first-order valence-electron chi connectivity index (χ1n) is 33.3. The maximum absolute atomic E-state index is 15.5. The highest BCUT2D eigenvalue weighted by molar-refractivity contribution is 7.68. The average molecular weight is 2130 g/mol. The van der Waals surface area contributed by atoms with Gasteiger partial charge in [0, 0.05) is 24.8 Å². The number of aldehydes is 4. The number of aromatic nitrogens is 8. The van der Waals surface area contributed by atoms with Gasteiger partial charge < -0.3 is 138 Å². The molecular weight excluding hydrogens is 2060 g/mol. The van der Waals surface area contributed by atoms with E-state index in [4.69, 9.17) is 66.9 Å². The first-order valence-corrected chi connectivity index (χ1v) is 48.3. The summed E-state index contributed by atoms with van der Waals surface area (Å²) in [6.45, 7) is -12.7. The molecule has 4 fully saturated rings. The molecule has 8 rings (SSSR count). The molecule has 128 heavy (non-hydrogen) atoms. The van der Waals surface area contributed by atoms with Gasteiger partial charge in [0.25, 0.3) is 45.7 Å². The van der Waals surface area contributed by atoms with Gasteiger partial charge in [0.2, 0.25) is 0 Å². The predicted molar refractivity (Wildman–Crippen MR) is 370 cm³/mol. The van der Waals surface area contributed by atoms with Crippen LogP contribution in [-0.4, -0.2) is 281 Å². The second-order valence-corrected chi connectivity index (χ2v) is 40.6. The number of aliphatic hydroxyl groups excluding tert-OH is 8. The van der Waals surface area contributed by atoms with Crippen LogP contribution in [0.2, 0.25) is 0 Å². The zero-order chi connectivity index (χ0) is 104. The number of carbonyl (C=O) groups excluding carboxylic acids is 4. The Hall–Kier alpha value is -5.72. The molecule has 8 heterocycles. The smallest absolute Gasteiger partial charge is 0.385 e. The molecule has 0 aromatic carbocycles. The third-order valence-corrected chi connectivity index (χ3v) is 28.6. The lowest BCUT2D eigenvalue weighted by atomic mass is 10.1. The summed E-state index contributed by atoms with van der Waals surface area (Å²) >= 11 is 0. The summed E-state index contributed by atoms with van der Waals surface area (Å²) in [5.41, 5.74) is -13.8. The Morgan fingerprint density at radius 2 is 0.531 bits per heavy atom. The van der Waals surface area contributed by atoms with E-state index in [1.54, 1.807) is 15.0 Å². The first kappa shape index (κ1) is 103. The van der Waals surface area contributed by atoms with Gasteiger partial charge in [0.15, 0.2) is 50.0 Å². The van der Waals surface area contributed by atoms with Crippen molar-refractivity contribution in [1.29, 1.82) is 0 Å². The zero-order valence-corrected chi connectivity index (χ0v) is 70.3. The molecule has 0 saturated carbocycles. The highest BCUT2D eigenvalue weighted by Gasteiger charge is 2.62. The van der Waals surface area contributed by atoms with E-state index in [0.717, 1.165) is 0 Å². The van der Waals surface area contributed by atoms with Crippen LogP contribution in [0.25, 0.3) is 0 Å². The second-order valence-electron chi connectivity index (χ2n) is 23.1. The molecule has 4 aliphatic rings. The summed E-state index contributed by atoms with van der Waals surface area (Å²) in [7, 11) is -71.7. The summed E-state index contributed by atoms with van der Waals surface area (Å²) in [6.07, 6.45) is -32.2. The van der Waals surface area contributed by atoms with Crippen molar-refractivity contribution < 1.29 is 290 Å². The SMILES string of the molecule is O=Cc1cn([C@@H]2O[C@](F)(COP(=O)(O)OP(=O)(O)OP(=O)(O)O)[C@@H](O)[C@H]2O)c(=O)[nH]c1=O.[2H]C([2H])(OP(=O)(O)OP(=O)(O)OP(=O)(O)O)[C@@]1(F)O[C@@H](n2cc(C=O)c(=O)[nH]c2=O)[C@H](O)[C@@H]1O.[2H]C([2H])(OP(=O)(O)OP(=O)(O)OP(=O)(O)O)[C@@]1(F)O[C@@]([2H])(n2cc(C=O)c(=O)[nH]c2=O)[C@H](O)[C@@H]1O.[2H][C@@]1(n2cc(C=O)c(=O)[nH]c2=O)O[C@](F)(COP(=O)(O)OP(=O)(O)OP(=O)(O)O)[C@@H](O)[C@H]1O. The van der Waals surface area contributed by atoms with E-state index in [2.05, 4.69) is 71.5 Å². The quantitative estimate of drug-likeness (QED) is 0.0114. The molecule has 28 N–H and O–H groups in total. The topological polar surface area (TPSA) is 1130 Å². The minimum atomic E-state index is -6.40.